The van der Waals surface area contributed by atoms with Crippen LogP contribution >= 0.6 is 11.6 Å². The molecule has 5 rings (SSSR count). The van der Waals surface area contributed by atoms with Gasteiger partial charge in [-0.05, 0) is 62.3 Å². The van der Waals surface area contributed by atoms with Crippen LogP contribution in [0.25, 0.3) is 22.0 Å². The molecule has 2 aliphatic rings. The smallest absolute Gasteiger partial charge is 0.225 e. The summed E-state index contributed by atoms with van der Waals surface area (Å²) in [6, 6.07) is 15.7. The lowest BCUT2D eigenvalue weighted by Crippen LogP contribution is -2.55. The summed E-state index contributed by atoms with van der Waals surface area (Å²) >= 11 is 6.85. The summed E-state index contributed by atoms with van der Waals surface area (Å²) in [5, 5.41) is 14.1. The number of carbonyl (C=O) groups is 1. The Morgan fingerprint density at radius 1 is 1.23 bits per heavy atom. The average Bonchev–Trinajstić information content (AvgIpc) is 3.40. The monoisotopic (exact) mass is 551 g/mol. The molecule has 39 heavy (non-hydrogen) atoms. The minimum Gasteiger partial charge on any atom is -0.385 e. The van der Waals surface area contributed by atoms with Gasteiger partial charge in [0.1, 0.15) is 11.7 Å². The zero-order chi connectivity index (χ0) is 27.4. The van der Waals surface area contributed by atoms with Crippen molar-refractivity contribution < 1.29 is 19.4 Å². The first-order valence-corrected chi connectivity index (χ1v) is 14.3. The molecule has 1 aliphatic carbocycles. The number of halogens is 1. The van der Waals surface area contributed by atoms with Crippen LogP contribution in [0.15, 0.2) is 54.7 Å². The number of unbranched alkanes of at least 4 members (excludes halogenated alkanes) is 1. The van der Waals surface area contributed by atoms with Crippen molar-refractivity contribution in [3.05, 3.63) is 65.3 Å². The average molecular weight is 552 g/mol. The normalized spacial score (nSPS) is 23.2. The summed E-state index contributed by atoms with van der Waals surface area (Å²) in [6.07, 6.45) is 5.55. The zero-order valence-corrected chi connectivity index (χ0v) is 23.3. The molecule has 2 fully saturated rings. The van der Waals surface area contributed by atoms with Crippen LogP contribution in [-0.2, 0) is 19.9 Å². The molecule has 3 aromatic rings. The highest BCUT2D eigenvalue weighted by Crippen LogP contribution is 2.43. The number of aliphatic hydroxyl groups is 1. The molecule has 1 saturated heterocycles. The molecule has 1 aliphatic heterocycles. The van der Waals surface area contributed by atoms with E-state index < -0.39 is 11.7 Å². The molecule has 208 valence electrons. The third-order valence-electron chi connectivity index (χ3n) is 8.25. The van der Waals surface area contributed by atoms with Crippen molar-refractivity contribution in [2.24, 2.45) is 11.7 Å². The fourth-order valence-electron chi connectivity index (χ4n) is 6.13. The van der Waals surface area contributed by atoms with E-state index in [1.807, 2.05) is 47.4 Å². The predicted octanol–water partition coefficient (Wildman–Crippen LogP) is 4.91. The van der Waals surface area contributed by atoms with Crippen LogP contribution in [0, 0.1) is 5.92 Å². The lowest BCUT2D eigenvalue weighted by molar-refractivity contribution is -0.167. The minimum atomic E-state index is -1.38. The zero-order valence-electron chi connectivity index (χ0n) is 22.5. The van der Waals surface area contributed by atoms with Gasteiger partial charge in [-0.15, -0.1) is 0 Å². The number of hydrogen-bond donors (Lipinski definition) is 2. The van der Waals surface area contributed by atoms with Crippen LogP contribution in [0.5, 0.6) is 0 Å². The van der Waals surface area contributed by atoms with Crippen LogP contribution in [0.4, 0.5) is 0 Å². The Hall–Kier alpha value is -2.55. The molecule has 2 heterocycles. The highest BCUT2D eigenvalue weighted by atomic mass is 35.5. The molecule has 0 spiro atoms. The molecule has 8 heteroatoms. The summed E-state index contributed by atoms with van der Waals surface area (Å²) in [4.78, 5) is 19.9. The SMILES string of the molecule is COCCCC[C@](O)(c1cccc(Cl)c1-c1cnc2ccccc2c1)[C@H]1CN(C(=O)[C@@H]2CC[C@H](N)C2)CCO1. The highest BCUT2D eigenvalue weighted by Gasteiger charge is 2.45. The number of nitrogens with zero attached hydrogens (tertiary/aromatic N) is 2. The van der Waals surface area contributed by atoms with E-state index in [9.17, 15) is 9.90 Å². The molecule has 3 N–H and O–H groups in total. The summed E-state index contributed by atoms with van der Waals surface area (Å²) in [5.74, 6) is 0.0574. The number of benzene rings is 2. The summed E-state index contributed by atoms with van der Waals surface area (Å²) in [7, 11) is 1.68. The van der Waals surface area contributed by atoms with E-state index in [2.05, 4.69) is 11.1 Å². The third-order valence-corrected chi connectivity index (χ3v) is 8.56. The van der Waals surface area contributed by atoms with Crippen LogP contribution < -0.4 is 5.73 Å². The molecular formula is C31H38ClN3O4. The van der Waals surface area contributed by atoms with Gasteiger partial charge in [0, 0.05) is 60.0 Å². The third kappa shape index (κ3) is 5.98. The Bertz CT molecular complexity index is 1300. The van der Waals surface area contributed by atoms with Gasteiger partial charge >= 0.3 is 0 Å². The highest BCUT2D eigenvalue weighted by molar-refractivity contribution is 6.33. The molecule has 2 aromatic carbocycles. The molecule has 1 amide bonds. The molecule has 0 radical (unpaired) electrons. The maximum atomic E-state index is 13.4. The Kier molecular flexibility index (Phi) is 8.84. The van der Waals surface area contributed by atoms with Crippen molar-refractivity contribution in [2.45, 2.75) is 56.3 Å². The molecule has 4 atom stereocenters. The van der Waals surface area contributed by atoms with Gasteiger partial charge in [-0.1, -0.05) is 41.9 Å². The van der Waals surface area contributed by atoms with E-state index >= 15 is 0 Å². The Morgan fingerprint density at radius 2 is 2.08 bits per heavy atom. The number of fused-ring (bicyclic) bond motifs is 1. The van der Waals surface area contributed by atoms with Gasteiger partial charge in [0.15, 0.2) is 0 Å². The van der Waals surface area contributed by atoms with Gasteiger partial charge in [0.2, 0.25) is 5.91 Å². The number of morpholine rings is 1. The lowest BCUT2D eigenvalue weighted by Gasteiger charge is -2.44. The number of hydrogen-bond acceptors (Lipinski definition) is 6. The van der Waals surface area contributed by atoms with E-state index in [1.165, 1.54) is 0 Å². The summed E-state index contributed by atoms with van der Waals surface area (Å²) in [6.45, 7) is 1.79. The van der Waals surface area contributed by atoms with E-state index in [0.717, 1.165) is 54.1 Å². The van der Waals surface area contributed by atoms with Crippen LogP contribution in [0.3, 0.4) is 0 Å². The first-order chi connectivity index (χ1) is 18.9. The minimum absolute atomic E-state index is 0.0565. The Balaban J connectivity index is 1.52. The fraction of sp³-hybridized carbons (Fsp3) is 0.484. The van der Waals surface area contributed by atoms with Gasteiger partial charge in [-0.3, -0.25) is 9.78 Å². The molecular weight excluding hydrogens is 514 g/mol. The number of amides is 1. The second-order valence-corrected chi connectivity index (χ2v) is 11.3. The van der Waals surface area contributed by atoms with Crippen LogP contribution in [0.1, 0.15) is 44.1 Å². The molecule has 0 unspecified atom stereocenters. The van der Waals surface area contributed by atoms with Crippen molar-refractivity contribution in [1.82, 2.24) is 9.88 Å². The Labute approximate surface area is 235 Å². The maximum absolute atomic E-state index is 13.4. The van der Waals surface area contributed by atoms with Gasteiger partial charge < -0.3 is 25.2 Å². The second kappa shape index (κ2) is 12.3. The second-order valence-electron chi connectivity index (χ2n) is 10.9. The number of ether oxygens (including phenoxy) is 2. The fourth-order valence-corrected chi connectivity index (χ4v) is 6.42. The van der Waals surface area contributed by atoms with E-state index in [-0.39, 0.29) is 17.9 Å². The van der Waals surface area contributed by atoms with Crippen molar-refractivity contribution in [2.75, 3.05) is 33.4 Å². The van der Waals surface area contributed by atoms with Crippen molar-refractivity contribution in [3.63, 3.8) is 0 Å². The molecule has 1 saturated carbocycles. The molecule has 7 nitrogen and oxygen atoms in total. The number of nitrogens with two attached hydrogens (primary N) is 1. The molecule has 0 bridgehead atoms. The van der Waals surface area contributed by atoms with E-state index in [0.29, 0.717) is 43.3 Å². The number of aromatic nitrogens is 1. The Morgan fingerprint density at radius 3 is 2.87 bits per heavy atom. The quantitative estimate of drug-likeness (QED) is 0.367. The van der Waals surface area contributed by atoms with E-state index in [1.54, 1.807) is 13.3 Å². The summed E-state index contributed by atoms with van der Waals surface area (Å²) < 4.78 is 11.5. The topological polar surface area (TPSA) is 97.9 Å². The van der Waals surface area contributed by atoms with Gasteiger partial charge in [0.05, 0.1) is 18.7 Å². The summed E-state index contributed by atoms with van der Waals surface area (Å²) in [5.41, 5.74) is 7.86. The number of rotatable bonds is 9. The number of carbonyl (C=O) groups excluding carboxylic acids is 1. The standard InChI is InChI=1S/C31H38ClN3O4/c1-38-15-5-4-13-31(37,28-20-35(14-16-39-28)30(36)22-11-12-24(33)18-22)25-8-6-9-26(32)29(25)23-17-21-7-2-3-10-27(21)34-19-23/h2-3,6-10,17,19,22,24,28,37H,4-5,11-16,18,20,33H2,1H3/t22-,24+,28-,31+/m1/s1. The van der Waals surface area contributed by atoms with Crippen LogP contribution in [0.2, 0.25) is 5.02 Å². The molecule has 1 aromatic heterocycles. The van der Waals surface area contributed by atoms with Gasteiger partial charge in [-0.25, -0.2) is 0 Å². The number of pyridine rings is 1. The van der Waals surface area contributed by atoms with Crippen molar-refractivity contribution >= 4 is 28.4 Å². The van der Waals surface area contributed by atoms with Crippen molar-refractivity contribution in [1.29, 1.82) is 0 Å². The predicted molar refractivity (Wildman–Crippen MR) is 153 cm³/mol. The maximum Gasteiger partial charge on any atom is 0.225 e. The lowest BCUT2D eigenvalue weighted by atomic mass is 9.79. The largest absolute Gasteiger partial charge is 0.385 e. The first-order valence-electron chi connectivity index (χ1n) is 13.9. The number of methoxy groups -OCH3 is 1. The van der Waals surface area contributed by atoms with Crippen molar-refractivity contribution in [3.8, 4) is 11.1 Å². The van der Waals surface area contributed by atoms with Crippen LogP contribution in [-0.4, -0.2) is 66.5 Å². The van der Waals surface area contributed by atoms with Gasteiger partial charge in [0.25, 0.3) is 0 Å². The first kappa shape index (κ1) is 28.0. The van der Waals surface area contributed by atoms with Gasteiger partial charge in [-0.2, -0.15) is 0 Å². The van der Waals surface area contributed by atoms with E-state index in [4.69, 9.17) is 26.8 Å². The number of para-hydroxylation sites is 1.